The summed E-state index contributed by atoms with van der Waals surface area (Å²) in [4.78, 5) is 24.3. The van der Waals surface area contributed by atoms with E-state index in [1.165, 1.54) is 0 Å². The summed E-state index contributed by atoms with van der Waals surface area (Å²) in [5.41, 5.74) is 2.51. The highest BCUT2D eigenvalue weighted by Crippen LogP contribution is 2.51. The van der Waals surface area contributed by atoms with Gasteiger partial charge in [-0.2, -0.15) is 5.10 Å². The number of fused-ring (bicyclic) bond motifs is 3. The lowest BCUT2D eigenvalue weighted by molar-refractivity contribution is -0.128. The van der Waals surface area contributed by atoms with Crippen LogP contribution in [0.3, 0.4) is 0 Å². The fourth-order valence-corrected chi connectivity index (χ4v) is 4.45. The SMILES string of the molecule is CCOC(=O)c1c2c(nn1C)[C@@]1(C)CCC(=O)[C@@H](C)[C@@H]1CC2. The van der Waals surface area contributed by atoms with Crippen LogP contribution in [-0.4, -0.2) is 28.1 Å². The van der Waals surface area contributed by atoms with Crippen molar-refractivity contribution in [1.29, 1.82) is 0 Å². The molecule has 0 unspecified atom stereocenters. The molecule has 0 amide bonds. The number of nitrogens with zero attached hydrogens (tertiary/aromatic N) is 2. The van der Waals surface area contributed by atoms with Crippen LogP contribution in [-0.2, 0) is 28.4 Å². The molecule has 5 heteroatoms. The normalized spacial score (nSPS) is 30.6. The van der Waals surface area contributed by atoms with Crippen LogP contribution in [0.1, 0.15) is 61.8 Å². The number of rotatable bonds is 2. The molecule has 120 valence electrons. The minimum Gasteiger partial charge on any atom is -0.461 e. The van der Waals surface area contributed by atoms with Crippen LogP contribution < -0.4 is 0 Å². The number of ketones is 1. The molecule has 2 aliphatic carbocycles. The molecule has 1 fully saturated rings. The molecule has 1 aromatic rings. The Morgan fingerprint density at radius 2 is 2.18 bits per heavy atom. The fraction of sp³-hybridized carbons (Fsp3) is 0.706. The Morgan fingerprint density at radius 1 is 1.45 bits per heavy atom. The molecule has 0 aliphatic heterocycles. The maximum absolute atomic E-state index is 12.2. The summed E-state index contributed by atoms with van der Waals surface area (Å²) in [6, 6.07) is 0. The van der Waals surface area contributed by atoms with Crippen molar-refractivity contribution in [2.24, 2.45) is 18.9 Å². The number of carbonyl (C=O) groups is 2. The minimum absolute atomic E-state index is 0.0833. The van der Waals surface area contributed by atoms with Crippen LogP contribution >= 0.6 is 0 Å². The van der Waals surface area contributed by atoms with Crippen LogP contribution in [0.2, 0.25) is 0 Å². The quantitative estimate of drug-likeness (QED) is 0.787. The number of Topliss-reactive ketones (excluding diaryl/α,β-unsaturated/α-hetero) is 1. The van der Waals surface area contributed by atoms with Crippen molar-refractivity contribution in [1.82, 2.24) is 9.78 Å². The van der Waals surface area contributed by atoms with Gasteiger partial charge in [0.05, 0.1) is 12.3 Å². The van der Waals surface area contributed by atoms with Crippen LogP contribution in [0.4, 0.5) is 0 Å². The van der Waals surface area contributed by atoms with Crippen molar-refractivity contribution in [2.45, 2.75) is 51.9 Å². The summed E-state index contributed by atoms with van der Waals surface area (Å²) in [5, 5.41) is 4.67. The molecule has 0 bridgehead atoms. The van der Waals surface area contributed by atoms with Crippen molar-refractivity contribution in [3.8, 4) is 0 Å². The molecule has 1 heterocycles. The molecule has 0 aromatic carbocycles. The van der Waals surface area contributed by atoms with E-state index in [0.717, 1.165) is 30.5 Å². The van der Waals surface area contributed by atoms with Gasteiger partial charge >= 0.3 is 5.97 Å². The molecule has 0 radical (unpaired) electrons. The van der Waals surface area contributed by atoms with Gasteiger partial charge in [0, 0.05) is 30.4 Å². The van der Waals surface area contributed by atoms with Gasteiger partial charge in [0.15, 0.2) is 0 Å². The van der Waals surface area contributed by atoms with Gasteiger partial charge in [-0.15, -0.1) is 0 Å². The zero-order valence-electron chi connectivity index (χ0n) is 13.8. The largest absolute Gasteiger partial charge is 0.461 e. The Kier molecular flexibility index (Phi) is 3.62. The first-order valence-corrected chi connectivity index (χ1v) is 8.16. The molecule has 0 N–H and O–H groups in total. The van der Waals surface area contributed by atoms with Gasteiger partial charge in [-0.25, -0.2) is 4.79 Å². The summed E-state index contributed by atoms with van der Waals surface area (Å²) in [6.07, 6.45) is 3.18. The lowest BCUT2D eigenvalue weighted by atomic mass is 9.56. The van der Waals surface area contributed by atoms with E-state index in [1.807, 2.05) is 13.8 Å². The maximum atomic E-state index is 12.2. The van der Waals surface area contributed by atoms with E-state index in [2.05, 4.69) is 12.0 Å². The first-order chi connectivity index (χ1) is 10.4. The summed E-state index contributed by atoms with van der Waals surface area (Å²) in [6.45, 7) is 6.43. The second-order valence-corrected chi connectivity index (χ2v) is 6.84. The van der Waals surface area contributed by atoms with E-state index in [0.29, 0.717) is 30.4 Å². The monoisotopic (exact) mass is 304 g/mol. The van der Waals surface area contributed by atoms with Crippen LogP contribution in [0.15, 0.2) is 0 Å². The lowest BCUT2D eigenvalue weighted by Gasteiger charge is -2.46. The standard InChI is InChI=1S/C17H24N2O3/c1-5-22-16(21)14-11-6-7-12-10(2)13(20)8-9-17(12,3)15(11)18-19(14)4/h10,12H,5-9H2,1-4H3/t10-,12-,17-/m0/s1. The molecule has 0 saturated heterocycles. The zero-order valence-corrected chi connectivity index (χ0v) is 13.8. The van der Waals surface area contributed by atoms with E-state index in [-0.39, 0.29) is 17.3 Å². The Balaban J connectivity index is 2.07. The number of aromatic nitrogens is 2. The molecular weight excluding hydrogens is 280 g/mol. The molecule has 1 aromatic heterocycles. The van der Waals surface area contributed by atoms with Gasteiger partial charge in [0.1, 0.15) is 11.5 Å². The third-order valence-electron chi connectivity index (χ3n) is 5.68. The van der Waals surface area contributed by atoms with Crippen molar-refractivity contribution in [3.05, 3.63) is 17.0 Å². The van der Waals surface area contributed by atoms with Gasteiger partial charge < -0.3 is 4.74 Å². The summed E-state index contributed by atoms with van der Waals surface area (Å²) in [7, 11) is 1.81. The van der Waals surface area contributed by atoms with Gasteiger partial charge in [-0.05, 0) is 32.1 Å². The Hall–Kier alpha value is -1.65. The first-order valence-electron chi connectivity index (χ1n) is 8.16. The first kappa shape index (κ1) is 15.3. The van der Waals surface area contributed by atoms with Gasteiger partial charge in [0.2, 0.25) is 0 Å². The number of carbonyl (C=O) groups excluding carboxylic acids is 2. The van der Waals surface area contributed by atoms with Crippen molar-refractivity contribution in [2.75, 3.05) is 6.61 Å². The number of ether oxygens (including phenoxy) is 1. The average molecular weight is 304 g/mol. The van der Waals surface area contributed by atoms with E-state index < -0.39 is 0 Å². The molecule has 3 atom stereocenters. The fourth-order valence-electron chi connectivity index (χ4n) is 4.45. The summed E-state index contributed by atoms with van der Waals surface area (Å²) in [5.74, 6) is 0.486. The topological polar surface area (TPSA) is 61.2 Å². The Labute approximate surface area is 131 Å². The zero-order chi connectivity index (χ0) is 16.1. The third-order valence-corrected chi connectivity index (χ3v) is 5.68. The molecule has 2 aliphatic rings. The number of hydrogen-bond acceptors (Lipinski definition) is 4. The Bertz CT molecular complexity index is 634. The molecule has 5 nitrogen and oxygen atoms in total. The highest BCUT2D eigenvalue weighted by atomic mass is 16.5. The Morgan fingerprint density at radius 3 is 2.86 bits per heavy atom. The predicted octanol–water partition coefficient (Wildman–Crippen LogP) is 2.42. The van der Waals surface area contributed by atoms with Crippen LogP contribution in [0.5, 0.6) is 0 Å². The van der Waals surface area contributed by atoms with Gasteiger partial charge in [-0.3, -0.25) is 9.48 Å². The van der Waals surface area contributed by atoms with Crippen LogP contribution in [0, 0.1) is 11.8 Å². The number of esters is 1. The van der Waals surface area contributed by atoms with Crippen molar-refractivity contribution >= 4 is 11.8 Å². The average Bonchev–Trinajstić information content (AvgIpc) is 2.81. The third kappa shape index (κ3) is 2.02. The van der Waals surface area contributed by atoms with E-state index in [1.54, 1.807) is 11.7 Å². The van der Waals surface area contributed by atoms with E-state index >= 15 is 0 Å². The lowest BCUT2D eigenvalue weighted by Crippen LogP contribution is -2.46. The van der Waals surface area contributed by atoms with E-state index in [4.69, 9.17) is 4.74 Å². The highest BCUT2D eigenvalue weighted by molar-refractivity contribution is 5.90. The highest BCUT2D eigenvalue weighted by Gasteiger charge is 2.50. The smallest absolute Gasteiger partial charge is 0.356 e. The number of hydrogen-bond donors (Lipinski definition) is 0. The molecular formula is C17H24N2O3. The molecule has 22 heavy (non-hydrogen) atoms. The maximum Gasteiger partial charge on any atom is 0.356 e. The minimum atomic E-state index is -0.291. The molecule has 1 saturated carbocycles. The predicted molar refractivity (Wildman–Crippen MR) is 81.7 cm³/mol. The number of aryl methyl sites for hydroxylation is 1. The van der Waals surface area contributed by atoms with Crippen molar-refractivity contribution in [3.63, 3.8) is 0 Å². The second kappa shape index (κ2) is 5.21. The summed E-state index contributed by atoms with van der Waals surface area (Å²) >= 11 is 0. The molecule has 0 spiro atoms. The van der Waals surface area contributed by atoms with Gasteiger partial charge in [0.25, 0.3) is 0 Å². The van der Waals surface area contributed by atoms with Crippen LogP contribution in [0.25, 0.3) is 0 Å². The molecule has 3 rings (SSSR count). The second-order valence-electron chi connectivity index (χ2n) is 6.84. The van der Waals surface area contributed by atoms with Crippen molar-refractivity contribution < 1.29 is 14.3 Å². The van der Waals surface area contributed by atoms with Gasteiger partial charge in [-0.1, -0.05) is 13.8 Å². The summed E-state index contributed by atoms with van der Waals surface area (Å²) < 4.78 is 6.85. The van der Waals surface area contributed by atoms with E-state index in [9.17, 15) is 9.59 Å².